The highest BCUT2D eigenvalue weighted by molar-refractivity contribution is 7.90. The van der Waals surface area contributed by atoms with Gasteiger partial charge in [-0.3, -0.25) is 0 Å². The molecule has 0 bridgehead atoms. The maximum absolute atomic E-state index is 11.5. The molecule has 3 rings (SSSR count). The zero-order chi connectivity index (χ0) is 16.4. The summed E-state index contributed by atoms with van der Waals surface area (Å²) in [5, 5.41) is 4.87. The van der Waals surface area contributed by atoms with Crippen molar-refractivity contribution in [3.05, 3.63) is 54.5 Å². The lowest BCUT2D eigenvalue weighted by Crippen LogP contribution is -1.98. The molecule has 1 N–H and O–H groups in total. The van der Waals surface area contributed by atoms with Gasteiger partial charge in [0.15, 0.2) is 9.84 Å². The van der Waals surface area contributed by atoms with Gasteiger partial charge in [0.25, 0.3) is 0 Å². The number of hydrogen-bond donors (Lipinski definition) is 1. The van der Waals surface area contributed by atoms with E-state index in [0.717, 1.165) is 16.5 Å². The summed E-state index contributed by atoms with van der Waals surface area (Å²) in [7, 11) is -3.20. The van der Waals surface area contributed by atoms with Crippen LogP contribution in [0.5, 0.6) is 0 Å². The molecule has 23 heavy (non-hydrogen) atoms. The van der Waals surface area contributed by atoms with Crippen LogP contribution < -0.4 is 5.32 Å². The van der Waals surface area contributed by atoms with Gasteiger partial charge in [-0.2, -0.15) is 0 Å². The summed E-state index contributed by atoms with van der Waals surface area (Å²) < 4.78 is 22.9. The Morgan fingerprint density at radius 2 is 1.87 bits per heavy atom. The Labute approximate surface area is 134 Å². The molecule has 0 atom stereocenters. The summed E-state index contributed by atoms with van der Waals surface area (Å²) in [5.74, 6) is 3.16. The van der Waals surface area contributed by atoms with E-state index >= 15 is 0 Å². The van der Waals surface area contributed by atoms with Crippen LogP contribution in [0, 0.1) is 12.3 Å². The zero-order valence-corrected chi connectivity index (χ0v) is 13.1. The van der Waals surface area contributed by atoms with Crippen molar-refractivity contribution in [1.82, 2.24) is 9.97 Å². The van der Waals surface area contributed by atoms with E-state index < -0.39 is 9.84 Å². The lowest BCUT2D eigenvalue weighted by Gasteiger charge is -2.08. The van der Waals surface area contributed by atoms with Crippen LogP contribution in [0.2, 0.25) is 0 Å². The molecule has 0 fully saturated rings. The van der Waals surface area contributed by atoms with Crippen LogP contribution in [0.3, 0.4) is 0 Å². The summed E-state index contributed by atoms with van der Waals surface area (Å²) in [5.41, 5.74) is 1.29. The van der Waals surface area contributed by atoms with Crippen molar-refractivity contribution in [1.29, 1.82) is 0 Å². The monoisotopic (exact) mass is 323 g/mol. The van der Waals surface area contributed by atoms with Gasteiger partial charge in [-0.05, 0) is 42.3 Å². The van der Waals surface area contributed by atoms with Crippen LogP contribution in [-0.4, -0.2) is 24.6 Å². The van der Waals surface area contributed by atoms with Crippen molar-refractivity contribution in [3.63, 3.8) is 0 Å². The summed E-state index contributed by atoms with van der Waals surface area (Å²) in [6.45, 7) is 0. The van der Waals surface area contributed by atoms with Gasteiger partial charge in [0.1, 0.15) is 11.5 Å². The lowest BCUT2D eigenvalue weighted by molar-refractivity contribution is 0.602. The van der Waals surface area contributed by atoms with E-state index in [0.29, 0.717) is 11.5 Å². The molecule has 0 saturated carbocycles. The van der Waals surface area contributed by atoms with Crippen LogP contribution in [0.25, 0.3) is 10.8 Å². The third kappa shape index (κ3) is 3.15. The molecule has 0 saturated heterocycles. The third-order valence-electron chi connectivity index (χ3n) is 3.34. The summed E-state index contributed by atoms with van der Waals surface area (Å²) in [6.07, 6.45) is 10.0. The molecule has 6 heteroatoms. The topological polar surface area (TPSA) is 72.0 Å². The van der Waals surface area contributed by atoms with E-state index in [1.165, 1.54) is 6.26 Å². The second-order valence-corrected chi connectivity index (χ2v) is 7.03. The van der Waals surface area contributed by atoms with E-state index in [9.17, 15) is 8.42 Å². The molecule has 114 valence electrons. The fourth-order valence-corrected chi connectivity index (χ4v) is 2.81. The summed E-state index contributed by atoms with van der Waals surface area (Å²) in [4.78, 5) is 8.75. The van der Waals surface area contributed by atoms with E-state index in [1.807, 2.05) is 12.1 Å². The van der Waals surface area contributed by atoms with Crippen molar-refractivity contribution in [2.24, 2.45) is 0 Å². The fraction of sp³-hybridized carbons (Fsp3) is 0.0588. The number of rotatable bonds is 3. The van der Waals surface area contributed by atoms with E-state index in [4.69, 9.17) is 6.42 Å². The van der Waals surface area contributed by atoms with Crippen LogP contribution in [0.1, 0.15) is 5.69 Å². The minimum atomic E-state index is -3.20. The maximum atomic E-state index is 11.5. The Balaban J connectivity index is 1.94. The number of hydrogen-bond acceptors (Lipinski definition) is 5. The predicted molar refractivity (Wildman–Crippen MR) is 90.3 cm³/mol. The fourth-order valence-electron chi connectivity index (χ4n) is 2.18. The van der Waals surface area contributed by atoms with Gasteiger partial charge < -0.3 is 5.32 Å². The number of terminal acetylenes is 1. The molecule has 0 aliphatic carbocycles. The Hall–Kier alpha value is -2.91. The Kier molecular flexibility index (Phi) is 3.72. The second kappa shape index (κ2) is 5.71. The normalized spacial score (nSPS) is 11.1. The molecule has 0 spiro atoms. The molecule has 2 heterocycles. The minimum absolute atomic E-state index is 0.272. The molecular formula is C17H13N3O2S. The highest BCUT2D eigenvalue weighted by atomic mass is 32.2. The van der Waals surface area contributed by atoms with Gasteiger partial charge in [0.2, 0.25) is 0 Å². The Morgan fingerprint density at radius 3 is 2.52 bits per heavy atom. The predicted octanol–water partition coefficient (Wildman–Crippen LogP) is 2.76. The van der Waals surface area contributed by atoms with Gasteiger partial charge in [0.05, 0.1) is 4.90 Å². The lowest BCUT2D eigenvalue weighted by atomic mass is 10.1. The van der Waals surface area contributed by atoms with Gasteiger partial charge in [0, 0.05) is 35.1 Å². The van der Waals surface area contributed by atoms with E-state index in [2.05, 4.69) is 21.2 Å². The molecule has 0 unspecified atom stereocenters. The van der Waals surface area contributed by atoms with Gasteiger partial charge in [-0.1, -0.05) is 0 Å². The quantitative estimate of drug-likeness (QED) is 0.750. The molecule has 0 amide bonds. The summed E-state index contributed by atoms with van der Waals surface area (Å²) in [6, 6.07) is 10.1. The maximum Gasteiger partial charge on any atom is 0.175 e. The van der Waals surface area contributed by atoms with Crippen LogP contribution in [0.4, 0.5) is 11.5 Å². The molecule has 3 aromatic rings. The standard InChI is InChI=1S/C17H13N3O2S/c1-3-16-15-10-17(19-11-12(15)8-9-18-16)20-13-4-6-14(7-5-13)23(2,21)22/h1,4-11H,2H3,(H,19,20). The van der Waals surface area contributed by atoms with Crippen molar-refractivity contribution < 1.29 is 8.42 Å². The van der Waals surface area contributed by atoms with Crippen molar-refractivity contribution >= 4 is 32.1 Å². The van der Waals surface area contributed by atoms with E-state index in [1.54, 1.807) is 36.7 Å². The van der Waals surface area contributed by atoms with Crippen LogP contribution in [-0.2, 0) is 9.84 Å². The first-order chi connectivity index (χ1) is 11.0. The second-order valence-electron chi connectivity index (χ2n) is 5.02. The third-order valence-corrected chi connectivity index (χ3v) is 4.47. The van der Waals surface area contributed by atoms with Crippen molar-refractivity contribution in [2.45, 2.75) is 4.90 Å². The first kappa shape index (κ1) is 15.0. The number of nitrogens with zero attached hydrogens (tertiary/aromatic N) is 2. The number of sulfone groups is 1. The van der Waals surface area contributed by atoms with Crippen LogP contribution in [0.15, 0.2) is 53.7 Å². The van der Waals surface area contributed by atoms with Gasteiger partial charge in [-0.25, -0.2) is 18.4 Å². The highest BCUT2D eigenvalue weighted by Crippen LogP contribution is 2.22. The first-order valence-corrected chi connectivity index (χ1v) is 8.65. The average molecular weight is 323 g/mol. The number of nitrogens with one attached hydrogen (secondary N) is 1. The molecule has 0 radical (unpaired) electrons. The van der Waals surface area contributed by atoms with Gasteiger partial charge in [-0.15, -0.1) is 6.42 Å². The number of anilines is 2. The number of fused-ring (bicyclic) bond motifs is 1. The molecule has 1 aromatic carbocycles. The molecule has 0 aliphatic rings. The van der Waals surface area contributed by atoms with Gasteiger partial charge >= 0.3 is 0 Å². The van der Waals surface area contributed by atoms with Crippen molar-refractivity contribution in [2.75, 3.05) is 11.6 Å². The van der Waals surface area contributed by atoms with Crippen molar-refractivity contribution in [3.8, 4) is 12.3 Å². The average Bonchev–Trinajstić information content (AvgIpc) is 2.54. The number of aromatic nitrogens is 2. The number of pyridine rings is 2. The first-order valence-electron chi connectivity index (χ1n) is 6.76. The van der Waals surface area contributed by atoms with E-state index in [-0.39, 0.29) is 4.90 Å². The largest absolute Gasteiger partial charge is 0.340 e. The molecule has 2 aromatic heterocycles. The Bertz CT molecular complexity index is 1020. The SMILES string of the molecule is C#Cc1nccc2cnc(Nc3ccc(S(C)(=O)=O)cc3)cc12. The molecule has 0 aliphatic heterocycles. The smallest absolute Gasteiger partial charge is 0.175 e. The van der Waals surface area contributed by atoms with Crippen LogP contribution >= 0.6 is 0 Å². The zero-order valence-electron chi connectivity index (χ0n) is 12.3. The highest BCUT2D eigenvalue weighted by Gasteiger charge is 2.07. The number of benzene rings is 1. The summed E-state index contributed by atoms with van der Waals surface area (Å²) >= 11 is 0. The molecular weight excluding hydrogens is 310 g/mol. The Morgan fingerprint density at radius 1 is 1.13 bits per heavy atom. The molecule has 5 nitrogen and oxygen atoms in total. The minimum Gasteiger partial charge on any atom is -0.340 e.